The van der Waals surface area contributed by atoms with E-state index >= 15 is 0 Å². The number of halogens is 5. The second kappa shape index (κ2) is 8.88. The number of anilines is 1. The number of aromatic nitrogens is 2. The second-order valence-electron chi connectivity index (χ2n) is 7.75. The molecule has 11 heteroatoms. The molecule has 0 aliphatic carbocycles. The van der Waals surface area contributed by atoms with Gasteiger partial charge in [0.1, 0.15) is 0 Å². The molecule has 1 atom stereocenters. The molecule has 0 fully saturated rings. The molecule has 3 aromatic rings. The lowest BCUT2D eigenvalue weighted by Crippen LogP contribution is -2.42. The van der Waals surface area contributed by atoms with Crippen molar-refractivity contribution in [2.24, 2.45) is 5.16 Å². The van der Waals surface area contributed by atoms with Crippen LogP contribution in [0, 0.1) is 6.92 Å². The molecule has 1 unspecified atom stereocenters. The zero-order chi connectivity index (χ0) is 24.7. The van der Waals surface area contributed by atoms with E-state index in [0.717, 1.165) is 12.1 Å². The number of alkyl halides is 3. The standard InChI is InChI=1S/C23H17Cl2F3N4O2/c1-13-7-14(3-4-18(13)21(33)32(2)20-12-29-5-6-30-20)19-11-22(34-31-19,23(26,27)28)15-8-16(24)10-17(25)9-15/h3-10,12H,11H2,1-2H3. The van der Waals surface area contributed by atoms with Gasteiger partial charge in [-0.05, 0) is 48.4 Å². The lowest BCUT2D eigenvalue weighted by atomic mass is 9.86. The SMILES string of the molecule is Cc1cc(C2=NOC(c3cc(Cl)cc(Cl)c3)(C(F)(F)F)C2)ccc1C(=O)N(C)c1cnccn1. The summed E-state index contributed by atoms with van der Waals surface area (Å²) in [7, 11) is 1.56. The lowest BCUT2D eigenvalue weighted by molar-refractivity contribution is -0.275. The predicted octanol–water partition coefficient (Wildman–Crippen LogP) is 5.95. The molecule has 0 N–H and O–H groups in total. The number of benzene rings is 2. The highest BCUT2D eigenvalue weighted by atomic mass is 35.5. The molecule has 0 bridgehead atoms. The third-order valence-corrected chi connectivity index (χ3v) is 5.94. The Morgan fingerprint density at radius 1 is 1.12 bits per heavy atom. The van der Waals surface area contributed by atoms with Gasteiger partial charge in [-0.1, -0.05) is 34.4 Å². The fraction of sp³-hybridized carbons (Fsp3) is 0.217. The first-order valence-electron chi connectivity index (χ1n) is 9.95. The summed E-state index contributed by atoms with van der Waals surface area (Å²) in [6, 6.07) is 8.32. The first-order valence-corrected chi connectivity index (χ1v) is 10.7. The summed E-state index contributed by atoms with van der Waals surface area (Å²) in [6.07, 6.45) is -0.973. The summed E-state index contributed by atoms with van der Waals surface area (Å²) in [5, 5.41) is 3.86. The maximum absolute atomic E-state index is 14.2. The highest BCUT2D eigenvalue weighted by Crippen LogP contribution is 2.49. The van der Waals surface area contributed by atoms with E-state index in [4.69, 9.17) is 28.0 Å². The Balaban J connectivity index is 1.63. The Bertz CT molecular complexity index is 1260. The van der Waals surface area contributed by atoms with Crippen LogP contribution in [0.15, 0.2) is 60.1 Å². The van der Waals surface area contributed by atoms with E-state index in [9.17, 15) is 18.0 Å². The summed E-state index contributed by atoms with van der Waals surface area (Å²) >= 11 is 11.9. The van der Waals surface area contributed by atoms with Crippen LogP contribution < -0.4 is 4.90 Å². The maximum Gasteiger partial charge on any atom is 0.435 e. The smallest absolute Gasteiger partial charge is 0.374 e. The first kappa shape index (κ1) is 24.0. The number of oxime groups is 1. The number of aryl methyl sites for hydroxylation is 1. The van der Waals surface area contributed by atoms with Crippen LogP contribution in [-0.2, 0) is 10.4 Å². The predicted molar refractivity (Wildman–Crippen MR) is 122 cm³/mol. The molecule has 1 aliphatic heterocycles. The van der Waals surface area contributed by atoms with Crippen molar-refractivity contribution in [3.63, 3.8) is 0 Å². The van der Waals surface area contributed by atoms with E-state index in [0.29, 0.717) is 22.5 Å². The van der Waals surface area contributed by atoms with E-state index < -0.39 is 18.2 Å². The fourth-order valence-corrected chi connectivity index (χ4v) is 4.20. The van der Waals surface area contributed by atoms with Crippen LogP contribution in [0.5, 0.6) is 0 Å². The second-order valence-corrected chi connectivity index (χ2v) is 8.62. The third kappa shape index (κ3) is 4.33. The van der Waals surface area contributed by atoms with Gasteiger partial charge in [0, 0.05) is 47.0 Å². The first-order chi connectivity index (χ1) is 16.0. The van der Waals surface area contributed by atoms with E-state index in [-0.39, 0.29) is 27.2 Å². The van der Waals surface area contributed by atoms with Crippen molar-refractivity contribution < 1.29 is 22.8 Å². The van der Waals surface area contributed by atoms with Crippen molar-refractivity contribution in [1.29, 1.82) is 0 Å². The van der Waals surface area contributed by atoms with Crippen LogP contribution in [0.25, 0.3) is 0 Å². The molecule has 6 nitrogen and oxygen atoms in total. The van der Waals surface area contributed by atoms with Gasteiger partial charge in [-0.25, -0.2) is 4.98 Å². The van der Waals surface area contributed by atoms with Crippen LogP contribution in [-0.4, -0.2) is 34.8 Å². The van der Waals surface area contributed by atoms with Gasteiger partial charge in [0.15, 0.2) is 5.82 Å². The van der Waals surface area contributed by atoms with Gasteiger partial charge in [-0.2, -0.15) is 13.2 Å². The number of nitrogens with zero attached hydrogens (tertiary/aromatic N) is 4. The lowest BCUT2D eigenvalue weighted by Gasteiger charge is -2.29. The minimum Gasteiger partial charge on any atom is -0.374 e. The van der Waals surface area contributed by atoms with Crippen molar-refractivity contribution in [1.82, 2.24) is 9.97 Å². The molecule has 0 saturated carbocycles. The van der Waals surface area contributed by atoms with Gasteiger partial charge >= 0.3 is 6.18 Å². The minimum absolute atomic E-state index is 0.0501. The van der Waals surface area contributed by atoms with Crippen molar-refractivity contribution in [3.8, 4) is 0 Å². The number of hydrogen-bond donors (Lipinski definition) is 0. The number of hydrogen-bond acceptors (Lipinski definition) is 5. The minimum atomic E-state index is -4.79. The Labute approximate surface area is 203 Å². The number of amides is 1. The van der Waals surface area contributed by atoms with E-state index in [2.05, 4.69) is 15.1 Å². The van der Waals surface area contributed by atoms with Crippen LogP contribution >= 0.6 is 23.2 Å². The van der Waals surface area contributed by atoms with Crippen molar-refractivity contribution in [2.45, 2.75) is 25.1 Å². The normalized spacial score (nSPS) is 17.8. The van der Waals surface area contributed by atoms with Crippen LogP contribution in [0.2, 0.25) is 10.0 Å². The van der Waals surface area contributed by atoms with Crippen LogP contribution in [0.4, 0.5) is 19.0 Å². The molecule has 1 amide bonds. The third-order valence-electron chi connectivity index (χ3n) is 5.50. The fourth-order valence-electron chi connectivity index (χ4n) is 3.68. The number of carbonyl (C=O) groups excluding carboxylic acids is 1. The molecule has 0 saturated heterocycles. The average Bonchev–Trinajstić information content (AvgIpc) is 3.25. The summed E-state index contributed by atoms with van der Waals surface area (Å²) in [5.41, 5.74) is -1.58. The Kier molecular flexibility index (Phi) is 6.26. The highest BCUT2D eigenvalue weighted by Gasteiger charge is 2.62. The zero-order valence-corrected chi connectivity index (χ0v) is 19.4. The van der Waals surface area contributed by atoms with E-state index in [1.165, 1.54) is 41.7 Å². The number of carbonyl (C=O) groups is 1. The molecule has 2 heterocycles. The Morgan fingerprint density at radius 3 is 2.41 bits per heavy atom. The zero-order valence-electron chi connectivity index (χ0n) is 17.9. The monoisotopic (exact) mass is 508 g/mol. The maximum atomic E-state index is 14.2. The largest absolute Gasteiger partial charge is 0.435 e. The molecule has 4 rings (SSSR count). The van der Waals surface area contributed by atoms with Crippen molar-refractivity contribution in [3.05, 3.63) is 87.3 Å². The van der Waals surface area contributed by atoms with Crippen molar-refractivity contribution >= 4 is 40.6 Å². The Morgan fingerprint density at radius 2 is 1.82 bits per heavy atom. The topological polar surface area (TPSA) is 67.7 Å². The van der Waals surface area contributed by atoms with Gasteiger partial charge in [-0.3, -0.25) is 14.7 Å². The molecule has 1 aliphatic rings. The summed E-state index contributed by atoms with van der Waals surface area (Å²) in [5.74, 6) is 0.0204. The van der Waals surface area contributed by atoms with Gasteiger partial charge in [-0.15, -0.1) is 0 Å². The van der Waals surface area contributed by atoms with Crippen molar-refractivity contribution in [2.75, 3.05) is 11.9 Å². The molecule has 0 spiro atoms. The molecule has 1 aromatic heterocycles. The highest BCUT2D eigenvalue weighted by molar-refractivity contribution is 6.34. The summed E-state index contributed by atoms with van der Waals surface area (Å²) < 4.78 is 42.6. The molecule has 2 aromatic carbocycles. The van der Waals surface area contributed by atoms with Crippen LogP contribution in [0.3, 0.4) is 0 Å². The number of rotatable bonds is 4. The average molecular weight is 509 g/mol. The van der Waals surface area contributed by atoms with Gasteiger partial charge < -0.3 is 4.84 Å². The van der Waals surface area contributed by atoms with E-state index in [1.54, 1.807) is 20.0 Å². The van der Waals surface area contributed by atoms with E-state index in [1.807, 2.05) is 0 Å². The summed E-state index contributed by atoms with van der Waals surface area (Å²) in [4.78, 5) is 27.3. The molecule has 176 valence electrons. The van der Waals surface area contributed by atoms with Gasteiger partial charge in [0.25, 0.3) is 11.5 Å². The van der Waals surface area contributed by atoms with Gasteiger partial charge in [0.2, 0.25) is 0 Å². The van der Waals surface area contributed by atoms with Crippen LogP contribution in [0.1, 0.15) is 33.5 Å². The summed E-state index contributed by atoms with van der Waals surface area (Å²) in [6.45, 7) is 1.69. The Hall–Kier alpha value is -3.17. The molecule has 0 radical (unpaired) electrons. The molecular weight excluding hydrogens is 492 g/mol. The van der Waals surface area contributed by atoms with Gasteiger partial charge in [0.05, 0.1) is 11.9 Å². The quantitative estimate of drug-likeness (QED) is 0.436. The molecular formula is C23H17Cl2F3N4O2. The molecule has 34 heavy (non-hydrogen) atoms.